The minimum absolute atomic E-state index is 0.304. The summed E-state index contributed by atoms with van der Waals surface area (Å²) < 4.78 is 7.06. The van der Waals surface area contributed by atoms with Gasteiger partial charge in [0.05, 0.1) is 12.2 Å². The van der Waals surface area contributed by atoms with E-state index in [-0.39, 0.29) is 0 Å². The number of nitrogens with one attached hydrogen (secondary N) is 1. The van der Waals surface area contributed by atoms with Gasteiger partial charge in [0.25, 0.3) is 0 Å². The Morgan fingerprint density at radius 3 is 2.94 bits per heavy atom. The second kappa shape index (κ2) is 5.30. The Balaban J connectivity index is 2.00. The minimum Gasteiger partial charge on any atom is -0.372 e. The third kappa shape index (κ3) is 3.06. The van der Waals surface area contributed by atoms with E-state index in [1.165, 1.54) is 15.6 Å². The lowest BCUT2D eigenvalue weighted by Gasteiger charge is -2.28. The summed E-state index contributed by atoms with van der Waals surface area (Å²) in [5.74, 6) is 0. The first-order valence-corrected chi connectivity index (χ1v) is 6.55. The molecule has 0 aromatic heterocycles. The van der Waals surface area contributed by atoms with E-state index in [1.54, 1.807) is 0 Å². The molecule has 0 amide bonds. The summed E-state index contributed by atoms with van der Waals surface area (Å²) in [5.41, 5.74) is 2.61. The van der Waals surface area contributed by atoms with Crippen LogP contribution in [0.5, 0.6) is 0 Å². The number of halogens is 1. The van der Waals surface area contributed by atoms with Gasteiger partial charge in [0.15, 0.2) is 0 Å². The molecule has 0 spiro atoms. The molecule has 0 bridgehead atoms. The van der Waals surface area contributed by atoms with Crippen LogP contribution < -0.4 is 5.32 Å². The van der Waals surface area contributed by atoms with Crippen LogP contribution in [0.25, 0.3) is 0 Å². The average Bonchev–Trinajstić information content (AvgIpc) is 2.24. The maximum absolute atomic E-state index is 5.88. The average molecular weight is 284 g/mol. The summed E-state index contributed by atoms with van der Waals surface area (Å²) in [6.07, 6.45) is 1.61. The number of hydrogen-bond acceptors (Lipinski definition) is 2. The molecule has 0 radical (unpaired) electrons. The van der Waals surface area contributed by atoms with Gasteiger partial charge in [-0.05, 0) is 37.5 Å². The fourth-order valence-corrected chi connectivity index (χ4v) is 2.45. The molecule has 1 heterocycles. The Bertz CT molecular complexity index is 367. The Morgan fingerprint density at radius 2 is 2.25 bits per heavy atom. The summed E-state index contributed by atoms with van der Waals surface area (Å²) in [6.45, 7) is 6.14. The normalized spacial score (nSPS) is 25.7. The largest absolute Gasteiger partial charge is 0.372 e. The molecule has 1 aromatic carbocycles. The van der Waals surface area contributed by atoms with Crippen molar-refractivity contribution in [1.29, 1.82) is 0 Å². The van der Waals surface area contributed by atoms with E-state index < -0.39 is 0 Å². The molecule has 88 valence electrons. The van der Waals surface area contributed by atoms with Gasteiger partial charge in [0.1, 0.15) is 0 Å². The number of morpholine rings is 1. The van der Waals surface area contributed by atoms with E-state index >= 15 is 0 Å². The monoisotopic (exact) mass is 283 g/mol. The Hall–Kier alpha value is -0.380. The van der Waals surface area contributed by atoms with Gasteiger partial charge in [-0.25, -0.2) is 0 Å². The number of rotatable bonds is 2. The maximum atomic E-state index is 5.88. The maximum Gasteiger partial charge on any atom is 0.0743 e. The van der Waals surface area contributed by atoms with Gasteiger partial charge in [-0.1, -0.05) is 28.1 Å². The molecule has 1 fully saturated rings. The summed E-state index contributed by atoms with van der Waals surface area (Å²) in [5, 5.41) is 3.39. The van der Waals surface area contributed by atoms with E-state index in [4.69, 9.17) is 4.74 Å². The van der Waals surface area contributed by atoms with Gasteiger partial charge in [0.2, 0.25) is 0 Å². The molecule has 1 N–H and O–H groups in total. The first-order valence-electron chi connectivity index (χ1n) is 5.76. The van der Waals surface area contributed by atoms with Crippen LogP contribution in [-0.4, -0.2) is 25.3 Å². The van der Waals surface area contributed by atoms with Gasteiger partial charge in [-0.15, -0.1) is 0 Å². The highest BCUT2D eigenvalue weighted by atomic mass is 79.9. The first-order chi connectivity index (χ1) is 7.65. The number of benzene rings is 1. The fourth-order valence-electron chi connectivity index (χ4n) is 2.02. The van der Waals surface area contributed by atoms with Gasteiger partial charge in [0, 0.05) is 17.6 Å². The van der Waals surface area contributed by atoms with Crippen molar-refractivity contribution in [2.45, 2.75) is 32.5 Å². The topological polar surface area (TPSA) is 21.3 Å². The third-order valence-electron chi connectivity index (χ3n) is 2.93. The van der Waals surface area contributed by atoms with Crippen molar-refractivity contribution in [3.8, 4) is 0 Å². The second-order valence-corrected chi connectivity index (χ2v) is 5.37. The second-order valence-electron chi connectivity index (χ2n) is 4.51. The van der Waals surface area contributed by atoms with E-state index in [1.807, 2.05) is 0 Å². The number of ether oxygens (including phenoxy) is 1. The number of hydrogen-bond donors (Lipinski definition) is 1. The van der Waals surface area contributed by atoms with Gasteiger partial charge >= 0.3 is 0 Å². The molecule has 2 rings (SSSR count). The quantitative estimate of drug-likeness (QED) is 0.901. The molecule has 16 heavy (non-hydrogen) atoms. The minimum atomic E-state index is 0.304. The molecule has 1 aromatic rings. The van der Waals surface area contributed by atoms with E-state index in [9.17, 15) is 0 Å². The highest BCUT2D eigenvalue weighted by Crippen LogP contribution is 2.19. The zero-order valence-electron chi connectivity index (χ0n) is 9.79. The first kappa shape index (κ1) is 12.1. The molecular weight excluding hydrogens is 266 g/mol. The molecule has 0 saturated carbocycles. The van der Waals surface area contributed by atoms with E-state index in [0.717, 1.165) is 19.5 Å². The smallest absolute Gasteiger partial charge is 0.0743 e. The van der Waals surface area contributed by atoms with E-state index in [2.05, 4.69) is 53.3 Å². The van der Waals surface area contributed by atoms with Crippen LogP contribution in [0.1, 0.15) is 18.1 Å². The van der Waals surface area contributed by atoms with Crippen LogP contribution in [0.3, 0.4) is 0 Å². The molecule has 2 nitrogen and oxygen atoms in total. The highest BCUT2D eigenvalue weighted by molar-refractivity contribution is 9.10. The van der Waals surface area contributed by atoms with Crippen molar-refractivity contribution >= 4 is 15.9 Å². The lowest BCUT2D eigenvalue weighted by Crippen LogP contribution is -2.44. The zero-order valence-corrected chi connectivity index (χ0v) is 11.4. The van der Waals surface area contributed by atoms with Crippen LogP contribution in [0.2, 0.25) is 0 Å². The van der Waals surface area contributed by atoms with Gasteiger partial charge in [-0.2, -0.15) is 0 Å². The van der Waals surface area contributed by atoms with Crippen LogP contribution in [0, 0.1) is 6.92 Å². The van der Waals surface area contributed by atoms with Crippen molar-refractivity contribution in [2.24, 2.45) is 0 Å². The van der Waals surface area contributed by atoms with Gasteiger partial charge < -0.3 is 10.1 Å². The van der Waals surface area contributed by atoms with Crippen molar-refractivity contribution < 1.29 is 4.74 Å². The molecule has 2 atom stereocenters. The van der Waals surface area contributed by atoms with Crippen LogP contribution in [-0.2, 0) is 11.2 Å². The zero-order chi connectivity index (χ0) is 11.5. The SMILES string of the molecule is Cc1ccc(CC2CNCC(C)O2)cc1Br. The van der Waals surface area contributed by atoms with Crippen molar-refractivity contribution in [2.75, 3.05) is 13.1 Å². The van der Waals surface area contributed by atoms with Crippen LogP contribution >= 0.6 is 15.9 Å². The molecule has 1 aliphatic rings. The van der Waals surface area contributed by atoms with Crippen LogP contribution in [0.4, 0.5) is 0 Å². The predicted octanol–water partition coefficient (Wildman–Crippen LogP) is 2.68. The molecule has 0 aliphatic carbocycles. The van der Waals surface area contributed by atoms with Gasteiger partial charge in [-0.3, -0.25) is 0 Å². The summed E-state index contributed by atoms with van der Waals surface area (Å²) >= 11 is 3.57. The summed E-state index contributed by atoms with van der Waals surface area (Å²) in [7, 11) is 0. The molecular formula is C13H18BrNO. The molecule has 2 unspecified atom stereocenters. The molecule has 3 heteroatoms. The third-order valence-corrected chi connectivity index (χ3v) is 3.78. The Labute approximate surface area is 106 Å². The van der Waals surface area contributed by atoms with E-state index in [0.29, 0.717) is 12.2 Å². The summed E-state index contributed by atoms with van der Waals surface area (Å²) in [4.78, 5) is 0. The van der Waals surface area contributed by atoms with Crippen molar-refractivity contribution in [1.82, 2.24) is 5.32 Å². The standard InChI is InChI=1S/C13H18BrNO/c1-9-3-4-11(6-13(9)14)5-12-8-15-7-10(2)16-12/h3-4,6,10,12,15H,5,7-8H2,1-2H3. The Morgan fingerprint density at radius 1 is 1.44 bits per heavy atom. The number of aryl methyl sites for hydroxylation is 1. The lowest BCUT2D eigenvalue weighted by molar-refractivity contribution is -0.0262. The fraction of sp³-hybridized carbons (Fsp3) is 0.538. The predicted molar refractivity (Wildman–Crippen MR) is 69.8 cm³/mol. The van der Waals surface area contributed by atoms with Crippen LogP contribution in [0.15, 0.2) is 22.7 Å². The molecule has 1 saturated heterocycles. The lowest BCUT2D eigenvalue weighted by atomic mass is 10.1. The van der Waals surface area contributed by atoms with Crippen molar-refractivity contribution in [3.63, 3.8) is 0 Å². The summed E-state index contributed by atoms with van der Waals surface area (Å²) in [6, 6.07) is 6.53. The Kier molecular flexibility index (Phi) is 4.00. The molecule has 1 aliphatic heterocycles. The van der Waals surface area contributed by atoms with Crippen molar-refractivity contribution in [3.05, 3.63) is 33.8 Å². The highest BCUT2D eigenvalue weighted by Gasteiger charge is 2.18.